The van der Waals surface area contributed by atoms with Crippen molar-refractivity contribution in [2.45, 2.75) is 32.7 Å². The number of hydrogen-bond acceptors (Lipinski definition) is 4. The molecule has 2 atom stereocenters. The molecule has 2 rings (SSSR count). The highest BCUT2D eigenvalue weighted by Crippen LogP contribution is 2.28. The first-order chi connectivity index (χ1) is 10.1. The molecule has 0 aliphatic heterocycles. The lowest BCUT2D eigenvalue weighted by molar-refractivity contribution is -0.133. The number of likely N-dealkylation sites (N-methyl/N-ethyl adjacent to an activating group) is 1. The molecule has 112 valence electrons. The number of nitrogens with one attached hydrogen (secondary N) is 1. The third-order valence-corrected chi connectivity index (χ3v) is 3.78. The first-order valence-corrected chi connectivity index (χ1v) is 7.15. The number of carbonyl (C=O) groups excluding carboxylic acids is 1. The van der Waals surface area contributed by atoms with Gasteiger partial charge in [-0.1, -0.05) is 55.8 Å². The van der Waals surface area contributed by atoms with E-state index in [1.807, 2.05) is 30.3 Å². The summed E-state index contributed by atoms with van der Waals surface area (Å²) in [5, 5.41) is 13.7. The Bertz CT molecular complexity index is 555. The SMILES string of the molecule is CC[C@@H](C)[C@@H](C(=O)N(C)Cc1nn[nH]n1)c1ccccc1. The maximum atomic E-state index is 12.8. The third-order valence-electron chi connectivity index (χ3n) is 3.78. The molecule has 0 saturated heterocycles. The number of nitrogens with zero attached hydrogens (tertiary/aromatic N) is 4. The van der Waals surface area contributed by atoms with Crippen molar-refractivity contribution in [3.8, 4) is 0 Å². The number of tetrazole rings is 1. The smallest absolute Gasteiger partial charge is 0.230 e. The Hall–Kier alpha value is -2.24. The summed E-state index contributed by atoms with van der Waals surface area (Å²) in [6, 6.07) is 9.92. The van der Waals surface area contributed by atoms with Gasteiger partial charge >= 0.3 is 0 Å². The molecular weight excluding hydrogens is 266 g/mol. The van der Waals surface area contributed by atoms with Crippen LogP contribution in [0.1, 0.15) is 37.6 Å². The van der Waals surface area contributed by atoms with E-state index in [1.165, 1.54) is 0 Å². The second kappa shape index (κ2) is 6.97. The van der Waals surface area contributed by atoms with Gasteiger partial charge < -0.3 is 4.90 Å². The molecule has 0 aliphatic rings. The van der Waals surface area contributed by atoms with Crippen molar-refractivity contribution < 1.29 is 4.79 Å². The zero-order chi connectivity index (χ0) is 15.2. The van der Waals surface area contributed by atoms with Crippen LogP contribution in [0.4, 0.5) is 0 Å². The molecule has 1 aromatic carbocycles. The van der Waals surface area contributed by atoms with E-state index in [2.05, 4.69) is 34.5 Å². The van der Waals surface area contributed by atoms with Gasteiger partial charge in [0, 0.05) is 7.05 Å². The Morgan fingerprint density at radius 2 is 2.05 bits per heavy atom. The fourth-order valence-corrected chi connectivity index (χ4v) is 2.39. The lowest BCUT2D eigenvalue weighted by atomic mass is 9.84. The van der Waals surface area contributed by atoms with Crippen LogP contribution in [-0.4, -0.2) is 38.5 Å². The van der Waals surface area contributed by atoms with E-state index in [9.17, 15) is 4.79 Å². The van der Waals surface area contributed by atoms with Gasteiger partial charge in [0.2, 0.25) is 5.91 Å². The molecule has 0 fully saturated rings. The Balaban J connectivity index is 2.18. The van der Waals surface area contributed by atoms with Gasteiger partial charge in [-0.3, -0.25) is 4.79 Å². The van der Waals surface area contributed by atoms with Crippen molar-refractivity contribution in [2.24, 2.45) is 5.92 Å². The average molecular weight is 287 g/mol. The highest BCUT2D eigenvalue weighted by Gasteiger charge is 2.28. The van der Waals surface area contributed by atoms with Gasteiger partial charge in [-0.2, -0.15) is 5.21 Å². The molecular formula is C15H21N5O. The predicted molar refractivity (Wildman–Crippen MR) is 79.3 cm³/mol. The summed E-state index contributed by atoms with van der Waals surface area (Å²) in [6.45, 7) is 4.57. The summed E-state index contributed by atoms with van der Waals surface area (Å²) in [6.07, 6.45) is 0.946. The van der Waals surface area contributed by atoms with E-state index in [0.717, 1.165) is 12.0 Å². The molecule has 1 amide bonds. The van der Waals surface area contributed by atoms with Crippen LogP contribution in [0.2, 0.25) is 0 Å². The standard InChI is InChI=1S/C15H21N5O/c1-4-11(2)14(12-8-6-5-7-9-12)15(21)20(3)10-13-16-18-19-17-13/h5-9,11,14H,4,10H2,1-3H3,(H,16,17,18,19)/t11-,14-/m1/s1. The largest absolute Gasteiger partial charge is 0.338 e. The van der Waals surface area contributed by atoms with E-state index in [4.69, 9.17) is 0 Å². The number of amides is 1. The minimum Gasteiger partial charge on any atom is -0.338 e. The first-order valence-electron chi connectivity index (χ1n) is 7.15. The predicted octanol–water partition coefficient (Wildman–Crippen LogP) is 1.99. The third kappa shape index (κ3) is 3.65. The second-order valence-corrected chi connectivity index (χ2v) is 5.30. The van der Waals surface area contributed by atoms with Crippen LogP contribution in [0, 0.1) is 5.92 Å². The fourth-order valence-electron chi connectivity index (χ4n) is 2.39. The van der Waals surface area contributed by atoms with Crippen molar-refractivity contribution in [3.05, 3.63) is 41.7 Å². The van der Waals surface area contributed by atoms with Crippen LogP contribution in [-0.2, 0) is 11.3 Å². The minimum atomic E-state index is -0.145. The van der Waals surface area contributed by atoms with Crippen LogP contribution in [0.5, 0.6) is 0 Å². The summed E-state index contributed by atoms with van der Waals surface area (Å²) < 4.78 is 0. The maximum absolute atomic E-state index is 12.8. The van der Waals surface area contributed by atoms with Crippen LogP contribution >= 0.6 is 0 Å². The van der Waals surface area contributed by atoms with Crippen LogP contribution < -0.4 is 0 Å². The average Bonchev–Trinajstić information content (AvgIpc) is 3.01. The van der Waals surface area contributed by atoms with Gasteiger partial charge in [-0.15, -0.1) is 10.2 Å². The maximum Gasteiger partial charge on any atom is 0.230 e. The van der Waals surface area contributed by atoms with Crippen LogP contribution in [0.25, 0.3) is 0 Å². The monoisotopic (exact) mass is 287 g/mol. The van der Waals surface area contributed by atoms with E-state index in [0.29, 0.717) is 12.4 Å². The summed E-state index contributed by atoms with van der Waals surface area (Å²) in [5.41, 5.74) is 1.05. The van der Waals surface area contributed by atoms with Crippen molar-refractivity contribution in [1.82, 2.24) is 25.5 Å². The fraction of sp³-hybridized carbons (Fsp3) is 0.467. The van der Waals surface area contributed by atoms with Gasteiger partial charge in [-0.05, 0) is 11.5 Å². The van der Waals surface area contributed by atoms with Gasteiger partial charge in [-0.25, -0.2) is 0 Å². The van der Waals surface area contributed by atoms with Gasteiger partial charge in [0.15, 0.2) is 5.82 Å². The lowest BCUT2D eigenvalue weighted by Gasteiger charge is -2.27. The van der Waals surface area contributed by atoms with Crippen molar-refractivity contribution in [3.63, 3.8) is 0 Å². The molecule has 1 heterocycles. The molecule has 21 heavy (non-hydrogen) atoms. The van der Waals surface area contributed by atoms with Crippen LogP contribution in [0.15, 0.2) is 30.3 Å². The molecule has 6 heteroatoms. The summed E-state index contributed by atoms with van der Waals surface area (Å²) in [7, 11) is 1.77. The second-order valence-electron chi connectivity index (χ2n) is 5.30. The zero-order valence-corrected chi connectivity index (χ0v) is 12.7. The summed E-state index contributed by atoms with van der Waals surface area (Å²) in [5.74, 6) is 0.725. The molecule has 0 spiro atoms. The van der Waals surface area contributed by atoms with E-state index in [-0.39, 0.29) is 17.7 Å². The Kier molecular flexibility index (Phi) is 5.03. The number of benzene rings is 1. The van der Waals surface area contributed by atoms with E-state index in [1.54, 1.807) is 11.9 Å². The zero-order valence-electron chi connectivity index (χ0n) is 12.7. The molecule has 2 aromatic rings. The molecule has 0 aliphatic carbocycles. The molecule has 0 bridgehead atoms. The summed E-state index contributed by atoms with van der Waals surface area (Å²) in [4.78, 5) is 14.5. The highest BCUT2D eigenvalue weighted by molar-refractivity contribution is 5.83. The number of aromatic nitrogens is 4. The number of carbonyl (C=O) groups is 1. The summed E-state index contributed by atoms with van der Waals surface area (Å²) >= 11 is 0. The topological polar surface area (TPSA) is 74.8 Å². The molecule has 0 saturated carbocycles. The molecule has 6 nitrogen and oxygen atoms in total. The van der Waals surface area contributed by atoms with E-state index < -0.39 is 0 Å². The first kappa shape index (κ1) is 15.2. The number of rotatable bonds is 6. The lowest BCUT2D eigenvalue weighted by Crippen LogP contribution is -2.34. The molecule has 1 aromatic heterocycles. The Morgan fingerprint density at radius 3 is 2.62 bits per heavy atom. The van der Waals surface area contributed by atoms with Crippen molar-refractivity contribution in [2.75, 3.05) is 7.05 Å². The van der Waals surface area contributed by atoms with Gasteiger partial charge in [0.05, 0.1) is 12.5 Å². The van der Waals surface area contributed by atoms with Crippen molar-refractivity contribution >= 4 is 5.91 Å². The molecule has 0 radical (unpaired) electrons. The number of H-pyrrole nitrogens is 1. The van der Waals surface area contributed by atoms with Crippen LogP contribution in [0.3, 0.4) is 0 Å². The number of aromatic amines is 1. The van der Waals surface area contributed by atoms with E-state index >= 15 is 0 Å². The minimum absolute atomic E-state index is 0.0837. The van der Waals surface area contributed by atoms with Crippen molar-refractivity contribution in [1.29, 1.82) is 0 Å². The van der Waals surface area contributed by atoms with Gasteiger partial charge in [0.25, 0.3) is 0 Å². The Labute approximate surface area is 124 Å². The molecule has 1 N–H and O–H groups in total. The normalized spacial score (nSPS) is 13.7. The number of hydrogen-bond donors (Lipinski definition) is 1. The van der Waals surface area contributed by atoms with Gasteiger partial charge in [0.1, 0.15) is 0 Å². The molecule has 0 unspecified atom stereocenters. The Morgan fingerprint density at radius 1 is 1.33 bits per heavy atom. The quantitative estimate of drug-likeness (QED) is 0.881. The highest BCUT2D eigenvalue weighted by atomic mass is 16.2.